The largest absolute Gasteiger partial charge is 0.352 e. The Kier molecular flexibility index (Phi) is 4.28. The third-order valence-corrected chi connectivity index (χ3v) is 3.92. The van der Waals surface area contributed by atoms with Crippen molar-refractivity contribution in [2.45, 2.75) is 4.90 Å². The van der Waals surface area contributed by atoms with E-state index in [0.717, 1.165) is 0 Å². The number of rotatable bonds is 4. The van der Waals surface area contributed by atoms with E-state index in [-0.39, 0.29) is 4.90 Å². The first-order valence-electron chi connectivity index (χ1n) is 3.90. The van der Waals surface area contributed by atoms with Crippen LogP contribution in [0.3, 0.4) is 0 Å². The van der Waals surface area contributed by atoms with Crippen LogP contribution >= 0.6 is 23.5 Å². The Bertz CT molecular complexity index is 504. The van der Waals surface area contributed by atoms with Crippen LogP contribution < -0.4 is 0 Å². The fourth-order valence-electron chi connectivity index (χ4n) is 0.807. The summed E-state index contributed by atoms with van der Waals surface area (Å²) < 4.78 is 38.2. The Labute approximate surface area is 101 Å². The zero-order valence-electron chi connectivity index (χ0n) is 7.78. The van der Waals surface area contributed by atoms with Crippen LogP contribution in [0.15, 0.2) is 33.6 Å². The molecule has 0 atom stereocenters. The Balaban J connectivity index is 2.87. The second-order valence-electron chi connectivity index (χ2n) is 2.82. The van der Waals surface area contributed by atoms with E-state index in [1.54, 1.807) is 0 Å². The van der Waals surface area contributed by atoms with Crippen LogP contribution in [0.25, 0.3) is 0 Å². The smallest absolute Gasteiger partial charge is 0.323 e. The second kappa shape index (κ2) is 4.95. The highest BCUT2D eigenvalue weighted by Gasteiger charge is 2.21. The van der Waals surface area contributed by atoms with Crippen molar-refractivity contribution in [3.63, 3.8) is 0 Å². The fourth-order valence-corrected chi connectivity index (χ4v) is 2.78. The SMILES string of the molecule is O=P(O)(O)COS(=O)(=O)c1ccc(Br)cc1. The van der Waals surface area contributed by atoms with Gasteiger partial charge in [-0.2, -0.15) is 8.42 Å². The molecule has 1 aromatic carbocycles. The average molecular weight is 331 g/mol. The lowest BCUT2D eigenvalue weighted by molar-refractivity contribution is 0.301. The molecule has 0 saturated carbocycles. The predicted octanol–water partition coefficient (Wildman–Crippen LogP) is 1.29. The molecule has 0 saturated heterocycles. The van der Waals surface area contributed by atoms with Gasteiger partial charge in [0.2, 0.25) is 0 Å². The average Bonchev–Trinajstić information content (AvgIpc) is 2.15. The van der Waals surface area contributed by atoms with E-state index < -0.39 is 24.1 Å². The predicted molar refractivity (Wildman–Crippen MR) is 59.3 cm³/mol. The van der Waals surface area contributed by atoms with Crippen molar-refractivity contribution in [1.82, 2.24) is 0 Å². The second-order valence-corrected chi connectivity index (χ2v) is 6.94. The third-order valence-electron chi connectivity index (χ3n) is 1.48. The van der Waals surface area contributed by atoms with Crippen molar-refractivity contribution >= 4 is 33.6 Å². The third kappa shape index (κ3) is 4.32. The van der Waals surface area contributed by atoms with E-state index in [4.69, 9.17) is 9.79 Å². The van der Waals surface area contributed by atoms with Crippen molar-refractivity contribution in [1.29, 1.82) is 0 Å². The summed E-state index contributed by atoms with van der Waals surface area (Å²) in [6.45, 7) is 0. The van der Waals surface area contributed by atoms with E-state index in [9.17, 15) is 13.0 Å². The van der Waals surface area contributed by atoms with Gasteiger partial charge in [-0.1, -0.05) is 15.9 Å². The highest BCUT2D eigenvalue weighted by Crippen LogP contribution is 2.35. The molecule has 0 aliphatic heterocycles. The van der Waals surface area contributed by atoms with Crippen LogP contribution in [-0.4, -0.2) is 24.6 Å². The number of hydrogen-bond donors (Lipinski definition) is 2. The summed E-state index contributed by atoms with van der Waals surface area (Å²) in [7, 11) is -8.63. The molecule has 0 aliphatic rings. The summed E-state index contributed by atoms with van der Waals surface area (Å²) >= 11 is 3.12. The van der Waals surface area contributed by atoms with E-state index in [1.807, 2.05) is 0 Å². The Morgan fingerprint density at radius 3 is 2.19 bits per heavy atom. The highest BCUT2D eigenvalue weighted by atomic mass is 79.9. The minimum absolute atomic E-state index is 0.163. The summed E-state index contributed by atoms with van der Waals surface area (Å²) in [5.74, 6) is 0. The molecule has 0 bridgehead atoms. The maximum absolute atomic E-state index is 11.4. The molecule has 0 spiro atoms. The van der Waals surface area contributed by atoms with Gasteiger partial charge in [0.1, 0.15) is 0 Å². The van der Waals surface area contributed by atoms with Crippen LogP contribution in [0.4, 0.5) is 0 Å². The van der Waals surface area contributed by atoms with E-state index in [0.29, 0.717) is 4.47 Å². The Hall–Kier alpha value is -0.240. The van der Waals surface area contributed by atoms with Gasteiger partial charge < -0.3 is 9.79 Å². The van der Waals surface area contributed by atoms with Crippen LogP contribution in [-0.2, 0) is 18.9 Å². The Morgan fingerprint density at radius 2 is 1.75 bits per heavy atom. The molecule has 9 heteroatoms. The summed E-state index contributed by atoms with van der Waals surface area (Å²) in [6, 6.07) is 5.49. The first kappa shape index (κ1) is 13.8. The van der Waals surface area contributed by atoms with E-state index >= 15 is 0 Å². The molecule has 2 N–H and O–H groups in total. The molecular weight excluding hydrogens is 323 g/mol. The van der Waals surface area contributed by atoms with Gasteiger partial charge in [0.25, 0.3) is 10.1 Å². The lowest BCUT2D eigenvalue weighted by Gasteiger charge is -2.06. The van der Waals surface area contributed by atoms with Crippen molar-refractivity contribution in [3.05, 3.63) is 28.7 Å². The monoisotopic (exact) mass is 330 g/mol. The maximum Gasteiger partial charge on any atom is 0.352 e. The summed E-state index contributed by atoms with van der Waals surface area (Å²) in [5.41, 5.74) is 0. The van der Waals surface area contributed by atoms with Gasteiger partial charge in [0.05, 0.1) is 4.90 Å². The Morgan fingerprint density at radius 1 is 1.25 bits per heavy atom. The minimum Gasteiger partial charge on any atom is -0.323 e. The van der Waals surface area contributed by atoms with E-state index in [2.05, 4.69) is 20.1 Å². The topological polar surface area (TPSA) is 101 Å². The number of halogens is 1. The van der Waals surface area contributed by atoms with Crippen molar-refractivity contribution in [2.75, 3.05) is 6.35 Å². The lowest BCUT2D eigenvalue weighted by Crippen LogP contribution is -2.07. The molecule has 0 aromatic heterocycles. The van der Waals surface area contributed by atoms with Gasteiger partial charge in [-0.15, -0.1) is 0 Å². The first-order chi connectivity index (χ1) is 7.21. The minimum atomic E-state index is -4.50. The molecule has 90 valence electrons. The van der Waals surface area contributed by atoms with Gasteiger partial charge in [-0.05, 0) is 24.3 Å². The van der Waals surface area contributed by atoms with Crippen LogP contribution in [0.5, 0.6) is 0 Å². The molecule has 0 aliphatic carbocycles. The van der Waals surface area contributed by atoms with Crippen LogP contribution in [0, 0.1) is 0 Å². The lowest BCUT2D eigenvalue weighted by atomic mass is 10.4. The molecule has 0 unspecified atom stereocenters. The molecular formula is C7H8BrO6PS. The van der Waals surface area contributed by atoms with Crippen molar-refractivity contribution in [3.8, 4) is 0 Å². The van der Waals surface area contributed by atoms with Crippen molar-refractivity contribution in [2.24, 2.45) is 0 Å². The van der Waals surface area contributed by atoms with Crippen molar-refractivity contribution < 1.29 is 27.0 Å². The molecule has 0 radical (unpaired) electrons. The van der Waals surface area contributed by atoms with Gasteiger partial charge in [-0.3, -0.25) is 8.75 Å². The zero-order chi connectivity index (χ0) is 12.4. The highest BCUT2D eigenvalue weighted by molar-refractivity contribution is 9.10. The molecule has 16 heavy (non-hydrogen) atoms. The zero-order valence-corrected chi connectivity index (χ0v) is 11.1. The standard InChI is InChI=1S/C7H8BrO6PS/c8-6-1-3-7(4-2-6)16(12,13)14-5-15(9,10)11/h1-4H,5H2,(H2,9,10,11). The number of hydrogen-bond acceptors (Lipinski definition) is 4. The molecule has 0 heterocycles. The molecule has 1 rings (SSSR count). The fraction of sp³-hybridized carbons (Fsp3) is 0.143. The summed E-state index contributed by atoms with van der Waals surface area (Å²) in [6.07, 6.45) is -1.16. The summed E-state index contributed by atoms with van der Waals surface area (Å²) in [4.78, 5) is 16.8. The van der Waals surface area contributed by atoms with Gasteiger partial charge >= 0.3 is 7.60 Å². The number of benzene rings is 1. The molecule has 0 fully saturated rings. The molecule has 1 aromatic rings. The first-order valence-corrected chi connectivity index (χ1v) is 7.90. The molecule has 0 amide bonds. The van der Waals surface area contributed by atoms with Gasteiger partial charge in [0.15, 0.2) is 6.35 Å². The van der Waals surface area contributed by atoms with Gasteiger partial charge in [0, 0.05) is 4.47 Å². The molecule has 6 nitrogen and oxygen atoms in total. The van der Waals surface area contributed by atoms with E-state index in [1.165, 1.54) is 24.3 Å². The van der Waals surface area contributed by atoms with Crippen LogP contribution in [0.1, 0.15) is 0 Å². The van der Waals surface area contributed by atoms with Crippen LogP contribution in [0.2, 0.25) is 0 Å². The van der Waals surface area contributed by atoms with Gasteiger partial charge in [-0.25, -0.2) is 0 Å². The quantitative estimate of drug-likeness (QED) is 0.637. The normalized spacial score (nSPS) is 12.7. The maximum atomic E-state index is 11.4. The summed E-state index contributed by atoms with van der Waals surface area (Å²) in [5, 5.41) is 0.